The zero-order chi connectivity index (χ0) is 14.6. The van der Waals surface area contributed by atoms with Crippen molar-refractivity contribution in [2.45, 2.75) is 25.2 Å². The zero-order valence-electron chi connectivity index (χ0n) is 11.8. The Labute approximate surface area is 120 Å². The molecule has 1 fully saturated rings. The van der Waals surface area contributed by atoms with Crippen molar-refractivity contribution < 1.29 is 13.2 Å². The second kappa shape index (κ2) is 6.39. The molecule has 0 bridgehead atoms. The fraction of sp³-hybridized carbons (Fsp3) is 0.533. The summed E-state index contributed by atoms with van der Waals surface area (Å²) in [6.07, 6.45) is 3.18. The molecular formula is C15H21NO3S. The molecule has 5 heteroatoms. The number of nitrogens with zero attached hydrogens (tertiary/aromatic N) is 1. The smallest absolute Gasteiger partial charge is 0.223 e. The molecule has 0 radical (unpaired) electrons. The number of carbonyl (C=O) groups is 1. The van der Waals surface area contributed by atoms with Gasteiger partial charge in [0.15, 0.2) is 0 Å². The lowest BCUT2D eigenvalue weighted by molar-refractivity contribution is -0.131. The Morgan fingerprint density at radius 1 is 1.20 bits per heavy atom. The number of hydrogen-bond acceptors (Lipinski definition) is 3. The monoisotopic (exact) mass is 295 g/mol. The highest BCUT2D eigenvalue weighted by Crippen LogP contribution is 2.27. The molecular weight excluding hydrogens is 274 g/mol. The van der Waals surface area contributed by atoms with Crippen LogP contribution in [0.2, 0.25) is 0 Å². The highest BCUT2D eigenvalue weighted by Gasteiger charge is 2.23. The number of piperidine rings is 1. The van der Waals surface area contributed by atoms with Crippen molar-refractivity contribution in [3.05, 3.63) is 35.9 Å². The summed E-state index contributed by atoms with van der Waals surface area (Å²) in [4.78, 5) is 13.7. The van der Waals surface area contributed by atoms with Crippen molar-refractivity contribution in [3.63, 3.8) is 0 Å². The predicted molar refractivity (Wildman–Crippen MR) is 79.3 cm³/mol. The van der Waals surface area contributed by atoms with Gasteiger partial charge in [0.2, 0.25) is 5.91 Å². The maximum Gasteiger partial charge on any atom is 0.223 e. The van der Waals surface area contributed by atoms with Crippen molar-refractivity contribution in [3.8, 4) is 0 Å². The molecule has 0 saturated carbocycles. The highest BCUT2D eigenvalue weighted by atomic mass is 32.2. The Kier molecular flexibility index (Phi) is 4.81. The molecule has 2 rings (SSSR count). The van der Waals surface area contributed by atoms with Gasteiger partial charge < -0.3 is 4.90 Å². The van der Waals surface area contributed by atoms with Crippen LogP contribution >= 0.6 is 0 Å². The van der Waals surface area contributed by atoms with E-state index in [2.05, 4.69) is 12.1 Å². The van der Waals surface area contributed by atoms with Gasteiger partial charge in [-0.25, -0.2) is 8.42 Å². The largest absolute Gasteiger partial charge is 0.343 e. The third-order valence-corrected chi connectivity index (χ3v) is 4.75. The molecule has 1 aliphatic heterocycles. The Balaban J connectivity index is 1.84. The van der Waals surface area contributed by atoms with Gasteiger partial charge in [0.25, 0.3) is 0 Å². The SMILES string of the molecule is CS(=O)(=O)CCC(=O)N1CCC(c2ccccc2)CC1. The average Bonchev–Trinajstić information content (AvgIpc) is 2.45. The fourth-order valence-corrected chi connectivity index (χ4v) is 3.16. The minimum Gasteiger partial charge on any atom is -0.343 e. The topological polar surface area (TPSA) is 54.5 Å². The van der Waals surface area contributed by atoms with Crippen molar-refractivity contribution >= 4 is 15.7 Å². The van der Waals surface area contributed by atoms with Crippen LogP contribution in [-0.4, -0.2) is 44.3 Å². The molecule has 1 aromatic rings. The normalized spacial score (nSPS) is 17.1. The summed E-state index contributed by atoms with van der Waals surface area (Å²) < 4.78 is 22.2. The standard InChI is InChI=1S/C15H21NO3S/c1-20(18,19)12-9-15(17)16-10-7-14(8-11-16)13-5-3-2-4-6-13/h2-6,14H,7-12H2,1H3. The summed E-state index contributed by atoms with van der Waals surface area (Å²) >= 11 is 0. The van der Waals surface area contributed by atoms with Crippen molar-refractivity contribution in [1.82, 2.24) is 4.90 Å². The van der Waals surface area contributed by atoms with E-state index in [0.717, 1.165) is 25.9 Å². The van der Waals surface area contributed by atoms with Crippen molar-refractivity contribution in [2.24, 2.45) is 0 Å². The van der Waals surface area contributed by atoms with Gasteiger partial charge in [-0.05, 0) is 24.3 Å². The summed E-state index contributed by atoms with van der Waals surface area (Å²) in [5.41, 5.74) is 1.33. The molecule has 0 aromatic heterocycles. The van der Waals surface area contributed by atoms with Crippen LogP contribution in [0.1, 0.15) is 30.7 Å². The van der Waals surface area contributed by atoms with Gasteiger partial charge in [-0.1, -0.05) is 30.3 Å². The van der Waals surface area contributed by atoms with E-state index in [9.17, 15) is 13.2 Å². The number of hydrogen-bond donors (Lipinski definition) is 0. The highest BCUT2D eigenvalue weighted by molar-refractivity contribution is 7.90. The van der Waals surface area contributed by atoms with Gasteiger partial charge in [0.1, 0.15) is 9.84 Å². The summed E-state index contributed by atoms with van der Waals surface area (Å²) in [6, 6.07) is 10.4. The first-order valence-electron chi connectivity index (χ1n) is 6.96. The van der Waals surface area contributed by atoms with Crippen LogP contribution in [0.3, 0.4) is 0 Å². The summed E-state index contributed by atoms with van der Waals surface area (Å²) in [7, 11) is -3.06. The second-order valence-electron chi connectivity index (χ2n) is 5.45. The van der Waals surface area contributed by atoms with Crippen molar-refractivity contribution in [1.29, 1.82) is 0 Å². The van der Waals surface area contributed by atoms with E-state index in [1.165, 1.54) is 11.8 Å². The third-order valence-electron chi connectivity index (χ3n) is 3.81. The number of rotatable bonds is 4. The molecule has 1 heterocycles. The first-order chi connectivity index (χ1) is 9.46. The lowest BCUT2D eigenvalue weighted by Crippen LogP contribution is -2.38. The van der Waals surface area contributed by atoms with Crippen LogP contribution < -0.4 is 0 Å². The average molecular weight is 295 g/mol. The van der Waals surface area contributed by atoms with Gasteiger partial charge in [-0.2, -0.15) is 0 Å². The van der Waals surface area contributed by atoms with Gasteiger partial charge in [-0.15, -0.1) is 0 Å². The lowest BCUT2D eigenvalue weighted by atomic mass is 9.89. The second-order valence-corrected chi connectivity index (χ2v) is 7.71. The van der Waals surface area contributed by atoms with Crippen molar-refractivity contribution in [2.75, 3.05) is 25.1 Å². The fourth-order valence-electron chi connectivity index (χ4n) is 2.62. The molecule has 4 nitrogen and oxygen atoms in total. The van der Waals surface area contributed by atoms with E-state index in [4.69, 9.17) is 0 Å². The van der Waals surface area contributed by atoms with Crippen LogP contribution in [0.5, 0.6) is 0 Å². The molecule has 0 N–H and O–H groups in total. The van der Waals surface area contributed by atoms with Gasteiger partial charge in [0, 0.05) is 25.8 Å². The van der Waals surface area contributed by atoms with Gasteiger partial charge in [0.05, 0.1) is 5.75 Å². The minimum atomic E-state index is -3.06. The molecule has 0 spiro atoms. The maximum absolute atomic E-state index is 11.9. The van der Waals surface area contributed by atoms with Gasteiger partial charge in [-0.3, -0.25) is 4.79 Å². The van der Waals surface area contributed by atoms with Gasteiger partial charge >= 0.3 is 0 Å². The molecule has 0 unspecified atom stereocenters. The molecule has 1 amide bonds. The number of sulfone groups is 1. The quantitative estimate of drug-likeness (QED) is 0.851. The predicted octanol–water partition coefficient (Wildman–Crippen LogP) is 1.83. The maximum atomic E-state index is 11.9. The summed E-state index contributed by atoms with van der Waals surface area (Å²) in [5, 5.41) is 0. The lowest BCUT2D eigenvalue weighted by Gasteiger charge is -2.32. The third kappa shape index (κ3) is 4.34. The van der Waals surface area contributed by atoms with Crippen LogP contribution in [-0.2, 0) is 14.6 Å². The molecule has 1 aromatic carbocycles. The van der Waals surface area contributed by atoms with Crippen LogP contribution in [0.15, 0.2) is 30.3 Å². The van der Waals surface area contributed by atoms with E-state index in [-0.39, 0.29) is 18.1 Å². The zero-order valence-corrected chi connectivity index (χ0v) is 12.6. The van der Waals surface area contributed by atoms with E-state index in [0.29, 0.717) is 5.92 Å². The van der Waals surface area contributed by atoms with Crippen LogP contribution in [0.4, 0.5) is 0 Å². The van der Waals surface area contributed by atoms with E-state index < -0.39 is 9.84 Å². The Bertz CT molecular complexity index is 546. The number of carbonyl (C=O) groups excluding carboxylic acids is 1. The Morgan fingerprint density at radius 2 is 1.80 bits per heavy atom. The Hall–Kier alpha value is -1.36. The minimum absolute atomic E-state index is 0.0399. The molecule has 0 aliphatic carbocycles. The molecule has 20 heavy (non-hydrogen) atoms. The Morgan fingerprint density at radius 3 is 2.35 bits per heavy atom. The first kappa shape index (κ1) is 15.0. The van der Waals surface area contributed by atoms with Crippen LogP contribution in [0.25, 0.3) is 0 Å². The molecule has 1 saturated heterocycles. The van der Waals surface area contributed by atoms with E-state index in [1.54, 1.807) is 4.90 Å². The number of benzene rings is 1. The number of amides is 1. The van der Waals surface area contributed by atoms with Crippen LogP contribution in [0, 0.1) is 0 Å². The molecule has 0 atom stereocenters. The first-order valence-corrected chi connectivity index (χ1v) is 9.02. The van der Waals surface area contributed by atoms with E-state index >= 15 is 0 Å². The molecule has 1 aliphatic rings. The van der Waals surface area contributed by atoms with E-state index in [1.807, 2.05) is 18.2 Å². The summed E-state index contributed by atoms with van der Waals surface area (Å²) in [5.74, 6) is 0.418. The molecule has 110 valence electrons. The number of likely N-dealkylation sites (tertiary alicyclic amines) is 1. The summed E-state index contributed by atoms with van der Waals surface area (Å²) in [6.45, 7) is 1.45.